The number of benzene rings is 3. The summed E-state index contributed by atoms with van der Waals surface area (Å²) >= 11 is 0. The Labute approximate surface area is 399 Å². The van der Waals surface area contributed by atoms with Crippen LogP contribution in [0, 0.1) is 30.6 Å². The molecule has 0 amide bonds. The lowest BCUT2D eigenvalue weighted by atomic mass is 9.79. The van der Waals surface area contributed by atoms with Gasteiger partial charge in [0.2, 0.25) is 5.41 Å². The Balaban J connectivity index is 1.24. The minimum atomic E-state index is -5.16. The maximum absolute atomic E-state index is 15.2. The summed E-state index contributed by atoms with van der Waals surface area (Å²) in [6, 6.07) is 24.8. The number of carbonyl (C=O) groups excluding carboxylic acids is 1. The van der Waals surface area contributed by atoms with Gasteiger partial charge in [0.1, 0.15) is 47.9 Å². The van der Waals surface area contributed by atoms with Crippen LogP contribution in [-0.4, -0.2) is 107 Å². The van der Waals surface area contributed by atoms with Gasteiger partial charge in [-0.05, 0) is 54.8 Å². The first-order chi connectivity index (χ1) is 33.5. The van der Waals surface area contributed by atoms with Crippen molar-refractivity contribution in [2.75, 3.05) is 47.8 Å². The highest BCUT2D eigenvalue weighted by atomic mass is 31.2. The number of nitriles is 1. The van der Waals surface area contributed by atoms with Gasteiger partial charge in [0, 0.05) is 36.4 Å². The minimum absolute atomic E-state index is 0.159. The molecular weight excluding hydrogens is 938 g/mol. The van der Waals surface area contributed by atoms with Crippen molar-refractivity contribution in [3.05, 3.63) is 161 Å². The van der Waals surface area contributed by atoms with E-state index in [0.29, 0.717) is 28.2 Å². The SMILES string of the molecule is COC(=O)C(C#N)(COC(c1ccccc1)(c1ccc(OC)cc1)c1ccc(OC)cc1)COP(=O)(OC[C@H]1O[C@@H](n2cc(C)c(=O)[nH]c2=O)C[C@@H]1O)O[C@H]1C[C@H](n2cc(C)c(=O)[nH]c2=O)O[C@@H]1CO. The van der Waals surface area contributed by atoms with E-state index in [1.54, 1.807) is 78.9 Å². The van der Waals surface area contributed by atoms with Crippen molar-refractivity contribution in [2.24, 2.45) is 5.41 Å². The predicted octanol–water partition coefficient (Wildman–Crippen LogP) is 2.87. The number of hydrogen-bond donors (Lipinski definition) is 4. The van der Waals surface area contributed by atoms with Gasteiger partial charge in [-0.1, -0.05) is 54.6 Å². The second-order valence-electron chi connectivity index (χ2n) is 16.6. The number of aromatic amines is 2. The predicted molar refractivity (Wildman–Crippen MR) is 245 cm³/mol. The highest BCUT2D eigenvalue weighted by Gasteiger charge is 2.50. The number of phosphoric ester groups is 1. The Bertz CT molecular complexity index is 2920. The zero-order valence-electron chi connectivity index (χ0n) is 38.7. The highest BCUT2D eigenvalue weighted by Crippen LogP contribution is 2.55. The molecule has 2 unspecified atom stereocenters. The Kier molecular flexibility index (Phi) is 15.9. The van der Waals surface area contributed by atoms with Gasteiger partial charge in [-0.2, -0.15) is 5.26 Å². The Morgan fingerprint density at radius 2 is 1.29 bits per heavy atom. The van der Waals surface area contributed by atoms with Crippen molar-refractivity contribution in [3.8, 4) is 17.6 Å². The van der Waals surface area contributed by atoms with Crippen molar-refractivity contribution in [1.82, 2.24) is 19.1 Å². The normalized spacial score (nSPS) is 21.9. The molecule has 2 saturated heterocycles. The summed E-state index contributed by atoms with van der Waals surface area (Å²) in [6.07, 6.45) is -5.57. The van der Waals surface area contributed by atoms with Crippen LogP contribution < -0.4 is 32.0 Å². The van der Waals surface area contributed by atoms with E-state index < -0.39 is 111 Å². The van der Waals surface area contributed by atoms with Gasteiger partial charge in [0.25, 0.3) is 11.1 Å². The van der Waals surface area contributed by atoms with Crippen LogP contribution >= 0.6 is 7.82 Å². The Morgan fingerprint density at radius 3 is 1.79 bits per heavy atom. The molecule has 0 radical (unpaired) electrons. The fraction of sp³-hybridized carbons (Fsp3) is 0.404. The lowest BCUT2D eigenvalue weighted by Gasteiger charge is -2.38. The lowest BCUT2D eigenvalue weighted by molar-refractivity contribution is -0.157. The van der Waals surface area contributed by atoms with Crippen LogP contribution in [0.1, 0.15) is 53.1 Å². The molecule has 22 nitrogen and oxygen atoms in total. The second kappa shape index (κ2) is 21.6. The maximum Gasteiger partial charge on any atom is 0.475 e. The number of aliphatic hydroxyl groups excluding tert-OH is 2. The number of aromatic nitrogens is 4. The summed E-state index contributed by atoms with van der Waals surface area (Å²) < 4.78 is 69.9. The summed E-state index contributed by atoms with van der Waals surface area (Å²) in [5, 5.41) is 32.6. The molecule has 23 heteroatoms. The number of rotatable bonds is 20. The van der Waals surface area contributed by atoms with E-state index >= 15 is 4.57 Å². The lowest BCUT2D eigenvalue weighted by Crippen LogP contribution is -2.44. The summed E-state index contributed by atoms with van der Waals surface area (Å²) in [7, 11) is -1.11. The van der Waals surface area contributed by atoms with Crippen molar-refractivity contribution < 1.29 is 61.6 Å². The highest BCUT2D eigenvalue weighted by molar-refractivity contribution is 7.48. The van der Waals surface area contributed by atoms with E-state index in [-0.39, 0.29) is 24.0 Å². The number of nitrogens with one attached hydrogen (secondary N) is 2. The third-order valence-corrected chi connectivity index (χ3v) is 13.5. The van der Waals surface area contributed by atoms with Crippen LogP contribution in [0.4, 0.5) is 0 Å². The third kappa shape index (κ3) is 10.6. The molecule has 0 saturated carbocycles. The van der Waals surface area contributed by atoms with Crippen LogP contribution in [0.25, 0.3) is 0 Å². The maximum atomic E-state index is 15.2. The number of aliphatic hydroxyl groups is 2. The molecule has 0 bridgehead atoms. The molecule has 372 valence electrons. The van der Waals surface area contributed by atoms with Crippen molar-refractivity contribution in [1.29, 1.82) is 5.26 Å². The minimum Gasteiger partial charge on any atom is -0.497 e. The number of carbonyl (C=O) groups is 1. The summed E-state index contributed by atoms with van der Waals surface area (Å²) in [6.45, 7) is -0.422. The van der Waals surface area contributed by atoms with Gasteiger partial charge < -0.3 is 38.6 Å². The van der Waals surface area contributed by atoms with E-state index in [2.05, 4.69) is 9.97 Å². The van der Waals surface area contributed by atoms with Crippen molar-refractivity contribution in [3.63, 3.8) is 0 Å². The summed E-state index contributed by atoms with van der Waals surface area (Å²) in [5.41, 5.74) is -4.96. The van der Waals surface area contributed by atoms with Gasteiger partial charge in [-0.15, -0.1) is 0 Å². The molecule has 8 atom stereocenters. The first-order valence-electron chi connectivity index (χ1n) is 21.8. The van der Waals surface area contributed by atoms with Crippen molar-refractivity contribution in [2.45, 2.75) is 69.2 Å². The molecule has 4 heterocycles. The van der Waals surface area contributed by atoms with Gasteiger partial charge >= 0.3 is 25.2 Å². The third-order valence-electron chi connectivity index (χ3n) is 12.1. The van der Waals surface area contributed by atoms with E-state index in [0.717, 1.165) is 16.2 Å². The van der Waals surface area contributed by atoms with Crippen LogP contribution in [0.2, 0.25) is 0 Å². The number of esters is 1. The number of hydrogen-bond acceptors (Lipinski definition) is 18. The fourth-order valence-corrected chi connectivity index (χ4v) is 9.63. The summed E-state index contributed by atoms with van der Waals surface area (Å²) in [5.74, 6) is -0.113. The number of H-pyrrole nitrogens is 2. The van der Waals surface area contributed by atoms with Gasteiger partial charge in [-0.25, -0.2) is 14.2 Å². The first-order valence-corrected chi connectivity index (χ1v) is 23.3. The number of ether oxygens (including phenoxy) is 6. The van der Waals surface area contributed by atoms with E-state index in [4.69, 9.17) is 42.0 Å². The van der Waals surface area contributed by atoms with Gasteiger partial charge in [0.15, 0.2) is 0 Å². The molecule has 2 aliphatic heterocycles. The molecule has 2 fully saturated rings. The van der Waals surface area contributed by atoms with E-state index in [9.17, 15) is 39.4 Å². The molecule has 0 spiro atoms. The number of nitrogens with zero attached hydrogens (tertiary/aromatic N) is 3. The first kappa shape index (κ1) is 51.3. The average Bonchev–Trinajstić information content (AvgIpc) is 3.96. The van der Waals surface area contributed by atoms with Crippen LogP contribution in [0.3, 0.4) is 0 Å². The van der Waals surface area contributed by atoms with Crippen LogP contribution in [-0.2, 0) is 47.5 Å². The largest absolute Gasteiger partial charge is 0.497 e. The van der Waals surface area contributed by atoms with Crippen LogP contribution in [0.15, 0.2) is 110 Å². The summed E-state index contributed by atoms with van der Waals surface area (Å²) in [4.78, 5) is 68.2. The zero-order valence-corrected chi connectivity index (χ0v) is 39.6. The number of phosphoric acid groups is 1. The molecule has 3 aromatic carbocycles. The molecular formula is C47H52N5O17P. The monoisotopic (exact) mass is 989 g/mol. The smallest absolute Gasteiger partial charge is 0.475 e. The van der Waals surface area contributed by atoms with E-state index in [1.807, 2.05) is 6.07 Å². The molecule has 2 aromatic heterocycles. The topological polar surface area (TPSA) is 291 Å². The van der Waals surface area contributed by atoms with Gasteiger partial charge in [-0.3, -0.25) is 47.1 Å². The zero-order chi connectivity index (χ0) is 50.4. The van der Waals surface area contributed by atoms with Gasteiger partial charge in [0.05, 0.1) is 59.9 Å². The van der Waals surface area contributed by atoms with Crippen molar-refractivity contribution >= 4 is 13.8 Å². The average molecular weight is 990 g/mol. The molecule has 70 heavy (non-hydrogen) atoms. The standard InChI is InChI=1S/C47H52N5O17P/c1-28-21-51(44(58)49-41(28)55)39-19-35(54)38(68-39)24-65-70(60,69-36-20-40(67-37(36)23-53)52-22-29(2)42(56)50-45(52)59)66-27-46(25-48,43(57)63-5)26-64-47(30-9-7-6-8-10-30,31-11-15-33(61-3)16-12-31)32-13-17-34(62-4)18-14-32/h6-18,21-22,35-40,53-54H,19-20,23-24,26-27H2,1-5H3,(H,49,55,58)(H,50,56,59)/t35-,36-,37+,38+,39+,40+,46?,70?/m0/s1. The second-order valence-corrected chi connectivity index (χ2v) is 18.2. The molecule has 5 aromatic rings. The fourth-order valence-electron chi connectivity index (χ4n) is 8.17. The quantitative estimate of drug-likeness (QED) is 0.0495. The number of aryl methyl sites for hydroxylation is 2. The number of methoxy groups -OCH3 is 3. The molecule has 4 N–H and O–H groups in total. The Morgan fingerprint density at radius 1 is 0.771 bits per heavy atom. The van der Waals surface area contributed by atoms with E-state index in [1.165, 1.54) is 40.5 Å². The molecule has 0 aliphatic carbocycles. The molecule has 7 rings (SSSR count). The Hall–Kier alpha value is -6.51. The van der Waals surface area contributed by atoms with Crippen LogP contribution in [0.5, 0.6) is 11.5 Å². The molecule has 2 aliphatic rings.